The third kappa shape index (κ3) is 3.49. The number of nitrogens with zero attached hydrogens (tertiary/aromatic N) is 3. The molecule has 0 bridgehead atoms. The molecule has 1 aliphatic rings. The molecule has 0 aromatic heterocycles. The van der Waals surface area contributed by atoms with Crippen molar-refractivity contribution in [3.8, 4) is 0 Å². The maximum atomic E-state index is 12.5. The van der Waals surface area contributed by atoms with Crippen LogP contribution in [0.5, 0.6) is 0 Å². The van der Waals surface area contributed by atoms with Crippen LogP contribution in [-0.2, 0) is 4.79 Å². The summed E-state index contributed by atoms with van der Waals surface area (Å²) in [6.45, 7) is 1.86. The molecule has 0 aliphatic carbocycles. The number of aryl methyl sites for hydroxylation is 1. The normalized spacial score (nSPS) is 18.4. The van der Waals surface area contributed by atoms with Crippen molar-refractivity contribution in [3.63, 3.8) is 0 Å². The van der Waals surface area contributed by atoms with E-state index in [1.807, 2.05) is 19.1 Å². The van der Waals surface area contributed by atoms with Crippen molar-refractivity contribution in [2.75, 3.05) is 0 Å². The van der Waals surface area contributed by atoms with E-state index in [2.05, 4.69) is 5.43 Å². The SMILES string of the molecule is Cc1cccc(C2C(Cl)C(=O)N2NC(=O)c2cc([N+](=O)[O-])cc([N+](=O)[O-])c2)c1. The second-order valence-corrected chi connectivity index (χ2v) is 6.63. The molecule has 3 rings (SSSR count). The molecular weight excluding hydrogens is 392 g/mol. The Bertz CT molecular complexity index is 979. The summed E-state index contributed by atoms with van der Waals surface area (Å²) in [5, 5.41) is 22.1. The van der Waals surface area contributed by atoms with Gasteiger partial charge in [-0.05, 0) is 12.5 Å². The van der Waals surface area contributed by atoms with Gasteiger partial charge in [-0.1, -0.05) is 29.8 Å². The zero-order valence-electron chi connectivity index (χ0n) is 14.4. The average Bonchev–Trinajstić information content (AvgIpc) is 2.66. The Morgan fingerprint density at radius 3 is 2.25 bits per heavy atom. The largest absolute Gasteiger partial charge is 0.277 e. The Balaban J connectivity index is 1.88. The van der Waals surface area contributed by atoms with Gasteiger partial charge in [-0.2, -0.15) is 0 Å². The fourth-order valence-corrected chi connectivity index (χ4v) is 3.22. The number of hydrogen-bond acceptors (Lipinski definition) is 6. The van der Waals surface area contributed by atoms with Crippen molar-refractivity contribution in [1.82, 2.24) is 10.4 Å². The minimum atomic E-state index is -0.902. The number of β-lactam (4-membered cyclic amide) rings is 1. The Kier molecular flexibility index (Phi) is 4.97. The number of hydrogen-bond donors (Lipinski definition) is 1. The quantitative estimate of drug-likeness (QED) is 0.352. The standard InChI is InChI=1S/C17H13ClN4O6/c1-9-3-2-4-10(5-9)15-14(18)17(24)20(15)19-16(23)11-6-12(21(25)26)8-13(7-11)22(27)28/h2-8,14-15H,1H3,(H,19,23). The lowest BCUT2D eigenvalue weighted by Crippen LogP contribution is -2.63. The summed E-state index contributed by atoms with van der Waals surface area (Å²) in [5.74, 6) is -1.46. The lowest BCUT2D eigenvalue weighted by molar-refractivity contribution is -0.394. The number of hydrazine groups is 1. The van der Waals surface area contributed by atoms with E-state index in [0.29, 0.717) is 5.56 Å². The van der Waals surface area contributed by atoms with Crippen LogP contribution in [0.25, 0.3) is 0 Å². The Labute approximate surface area is 163 Å². The summed E-state index contributed by atoms with van der Waals surface area (Å²) in [7, 11) is 0. The highest BCUT2D eigenvalue weighted by Crippen LogP contribution is 2.37. The molecular formula is C17H13ClN4O6. The van der Waals surface area contributed by atoms with Crippen LogP contribution in [0.1, 0.15) is 27.5 Å². The Morgan fingerprint density at radius 2 is 1.71 bits per heavy atom. The van der Waals surface area contributed by atoms with E-state index >= 15 is 0 Å². The van der Waals surface area contributed by atoms with Gasteiger partial charge < -0.3 is 0 Å². The van der Waals surface area contributed by atoms with E-state index in [-0.39, 0.29) is 5.56 Å². The van der Waals surface area contributed by atoms with Gasteiger partial charge in [0.2, 0.25) is 0 Å². The van der Waals surface area contributed by atoms with Crippen LogP contribution in [0.2, 0.25) is 0 Å². The van der Waals surface area contributed by atoms with Crippen LogP contribution >= 0.6 is 11.6 Å². The minimum absolute atomic E-state index is 0.324. The van der Waals surface area contributed by atoms with Crippen molar-refractivity contribution in [2.45, 2.75) is 18.3 Å². The first-order valence-corrected chi connectivity index (χ1v) is 8.41. The highest BCUT2D eigenvalue weighted by atomic mass is 35.5. The molecule has 0 saturated carbocycles. The predicted molar refractivity (Wildman–Crippen MR) is 97.6 cm³/mol. The fourth-order valence-electron chi connectivity index (χ4n) is 2.86. The number of benzene rings is 2. The number of rotatable bonds is 5. The van der Waals surface area contributed by atoms with Gasteiger partial charge in [0.15, 0.2) is 0 Å². The molecule has 28 heavy (non-hydrogen) atoms. The number of carbonyl (C=O) groups is 2. The van der Waals surface area contributed by atoms with Crippen LogP contribution in [-0.4, -0.2) is 32.0 Å². The molecule has 2 amide bonds. The second kappa shape index (κ2) is 7.24. The molecule has 11 heteroatoms. The van der Waals surface area contributed by atoms with Crippen LogP contribution in [0.3, 0.4) is 0 Å². The van der Waals surface area contributed by atoms with Crippen molar-refractivity contribution in [3.05, 3.63) is 79.4 Å². The van der Waals surface area contributed by atoms with Gasteiger partial charge >= 0.3 is 0 Å². The van der Waals surface area contributed by atoms with E-state index < -0.39 is 44.5 Å². The van der Waals surface area contributed by atoms with Crippen LogP contribution in [0, 0.1) is 27.2 Å². The van der Waals surface area contributed by atoms with Crippen LogP contribution in [0.15, 0.2) is 42.5 Å². The molecule has 0 radical (unpaired) electrons. The van der Waals surface area contributed by atoms with Crippen molar-refractivity contribution in [1.29, 1.82) is 0 Å². The van der Waals surface area contributed by atoms with Gasteiger partial charge in [-0.3, -0.25) is 35.2 Å². The van der Waals surface area contributed by atoms with Crippen LogP contribution in [0.4, 0.5) is 11.4 Å². The molecule has 1 fully saturated rings. The van der Waals surface area contributed by atoms with Gasteiger partial charge in [0.05, 0.1) is 21.5 Å². The molecule has 10 nitrogen and oxygen atoms in total. The number of nitrogens with one attached hydrogen (secondary N) is 1. The molecule has 2 aromatic carbocycles. The molecule has 2 aromatic rings. The average molecular weight is 405 g/mol. The topological polar surface area (TPSA) is 136 Å². The molecule has 1 saturated heterocycles. The monoisotopic (exact) mass is 404 g/mol. The number of halogens is 1. The summed E-state index contributed by atoms with van der Waals surface area (Å²) in [5.41, 5.74) is 2.41. The highest BCUT2D eigenvalue weighted by molar-refractivity contribution is 6.33. The second-order valence-electron chi connectivity index (χ2n) is 6.16. The highest BCUT2D eigenvalue weighted by Gasteiger charge is 2.48. The minimum Gasteiger partial charge on any atom is -0.271 e. The molecule has 0 spiro atoms. The molecule has 1 aliphatic heterocycles. The van der Waals surface area contributed by atoms with Gasteiger partial charge in [-0.15, -0.1) is 11.6 Å². The number of nitro benzene ring substituents is 2. The molecule has 1 heterocycles. The third-order valence-corrected chi connectivity index (χ3v) is 4.65. The number of alkyl halides is 1. The first-order chi connectivity index (χ1) is 13.2. The van der Waals surface area contributed by atoms with Crippen molar-refractivity contribution >= 4 is 34.8 Å². The molecule has 2 atom stereocenters. The van der Waals surface area contributed by atoms with E-state index in [4.69, 9.17) is 11.6 Å². The van der Waals surface area contributed by atoms with Crippen LogP contribution < -0.4 is 5.43 Å². The molecule has 2 unspecified atom stereocenters. The summed E-state index contributed by atoms with van der Waals surface area (Å²) in [6.07, 6.45) is 0. The zero-order valence-corrected chi connectivity index (χ0v) is 15.1. The smallest absolute Gasteiger partial charge is 0.271 e. The Morgan fingerprint density at radius 1 is 1.11 bits per heavy atom. The predicted octanol–water partition coefficient (Wildman–Crippen LogP) is 2.65. The first kappa shape index (κ1) is 19.2. The molecule has 144 valence electrons. The number of amides is 2. The first-order valence-electron chi connectivity index (χ1n) is 7.97. The maximum absolute atomic E-state index is 12.5. The van der Waals surface area contributed by atoms with E-state index in [0.717, 1.165) is 28.8 Å². The summed E-state index contributed by atoms with van der Waals surface area (Å²) >= 11 is 6.09. The lowest BCUT2D eigenvalue weighted by Gasteiger charge is -2.44. The van der Waals surface area contributed by atoms with Gasteiger partial charge in [0.1, 0.15) is 11.4 Å². The Hall–Kier alpha value is -3.53. The van der Waals surface area contributed by atoms with E-state index in [1.165, 1.54) is 0 Å². The maximum Gasteiger partial charge on any atom is 0.277 e. The third-order valence-electron chi connectivity index (χ3n) is 4.22. The summed E-state index contributed by atoms with van der Waals surface area (Å²) in [6, 6.07) is 9.10. The van der Waals surface area contributed by atoms with E-state index in [1.54, 1.807) is 12.1 Å². The van der Waals surface area contributed by atoms with Crippen molar-refractivity contribution in [2.24, 2.45) is 0 Å². The van der Waals surface area contributed by atoms with Crippen molar-refractivity contribution < 1.29 is 19.4 Å². The molecule has 1 N–H and O–H groups in total. The van der Waals surface area contributed by atoms with E-state index in [9.17, 15) is 29.8 Å². The fraction of sp³-hybridized carbons (Fsp3) is 0.176. The summed E-state index contributed by atoms with van der Waals surface area (Å²) < 4.78 is 0. The number of non-ortho nitro benzene ring substituents is 2. The zero-order chi connectivity index (χ0) is 20.6. The van der Waals surface area contributed by atoms with Gasteiger partial charge in [-0.25, -0.2) is 5.01 Å². The van der Waals surface area contributed by atoms with Gasteiger partial charge in [0, 0.05) is 12.1 Å². The summed E-state index contributed by atoms with van der Waals surface area (Å²) in [4.78, 5) is 44.9. The lowest BCUT2D eigenvalue weighted by atomic mass is 9.94. The number of carbonyl (C=O) groups excluding carboxylic acids is 2. The van der Waals surface area contributed by atoms with Gasteiger partial charge in [0.25, 0.3) is 23.2 Å². The number of nitro groups is 2.